The molecular weight excluding hydrogens is 268 g/mol. The molecule has 1 unspecified atom stereocenters. The summed E-state index contributed by atoms with van der Waals surface area (Å²) in [7, 11) is 1.70. The molecule has 110 valence electrons. The largest absolute Gasteiger partial charge is 0.384 e. The first-order valence-corrected chi connectivity index (χ1v) is 7.11. The fraction of sp³-hybridized carbons (Fsp3) is 0.500. The van der Waals surface area contributed by atoms with Crippen molar-refractivity contribution in [2.24, 2.45) is 5.92 Å². The van der Waals surface area contributed by atoms with E-state index in [1.807, 2.05) is 0 Å². The fourth-order valence-electron chi connectivity index (χ4n) is 3.22. The van der Waals surface area contributed by atoms with Gasteiger partial charge in [0.2, 0.25) is 0 Å². The highest BCUT2D eigenvalue weighted by molar-refractivity contribution is 5.95. The minimum absolute atomic E-state index is 0.0376. The Hall–Kier alpha value is -1.90. The Morgan fingerprint density at radius 3 is 3.10 bits per heavy atom. The van der Waals surface area contributed by atoms with Gasteiger partial charge in [-0.3, -0.25) is 4.79 Å². The Balaban J connectivity index is 1.68. The van der Waals surface area contributed by atoms with Gasteiger partial charge in [-0.2, -0.15) is 5.26 Å². The highest BCUT2D eigenvalue weighted by atomic mass is 16.5. The molecule has 3 rings (SSSR count). The maximum Gasteiger partial charge on any atom is 0.254 e. The number of carbonyl (C=O) groups is 1. The zero-order valence-corrected chi connectivity index (χ0v) is 12.0. The number of ether oxygens (including phenoxy) is 2. The number of amides is 1. The molecule has 5 nitrogen and oxygen atoms in total. The van der Waals surface area contributed by atoms with E-state index in [0.29, 0.717) is 36.7 Å². The number of benzene rings is 1. The van der Waals surface area contributed by atoms with Crippen LogP contribution >= 0.6 is 0 Å². The summed E-state index contributed by atoms with van der Waals surface area (Å²) in [6.45, 7) is 2.62. The van der Waals surface area contributed by atoms with Gasteiger partial charge >= 0.3 is 0 Å². The number of likely N-dealkylation sites (tertiary alicyclic amines) is 1. The third-order valence-electron chi connectivity index (χ3n) is 4.41. The summed E-state index contributed by atoms with van der Waals surface area (Å²) in [5.74, 6) is 0.321. The Kier molecular flexibility index (Phi) is 3.66. The summed E-state index contributed by atoms with van der Waals surface area (Å²) in [6, 6.07) is 8.87. The predicted octanol–water partition coefficient (Wildman–Crippen LogP) is 1.44. The summed E-state index contributed by atoms with van der Waals surface area (Å²) >= 11 is 0. The van der Waals surface area contributed by atoms with Crippen LogP contribution in [0.3, 0.4) is 0 Å². The van der Waals surface area contributed by atoms with E-state index in [9.17, 15) is 4.79 Å². The molecule has 2 heterocycles. The van der Waals surface area contributed by atoms with Crippen LogP contribution in [0, 0.1) is 17.2 Å². The molecule has 0 radical (unpaired) electrons. The minimum Gasteiger partial charge on any atom is -0.384 e. The average molecular weight is 286 g/mol. The maximum atomic E-state index is 12.4. The molecule has 2 aliphatic heterocycles. The first-order valence-electron chi connectivity index (χ1n) is 7.11. The molecule has 0 bridgehead atoms. The molecule has 2 saturated heterocycles. The van der Waals surface area contributed by atoms with Gasteiger partial charge in [-0.1, -0.05) is 6.07 Å². The molecule has 1 aromatic rings. The van der Waals surface area contributed by atoms with Gasteiger partial charge in [0.1, 0.15) is 5.60 Å². The maximum absolute atomic E-state index is 12.4. The zero-order chi connectivity index (χ0) is 14.9. The van der Waals surface area contributed by atoms with E-state index in [1.54, 1.807) is 36.3 Å². The molecule has 2 aliphatic rings. The van der Waals surface area contributed by atoms with Crippen LogP contribution < -0.4 is 0 Å². The van der Waals surface area contributed by atoms with Crippen molar-refractivity contribution < 1.29 is 14.3 Å². The standard InChI is InChI=1S/C16H18N2O3/c1-20-9-14-5-6-21-16(14)10-18(11-16)15(19)13-4-2-3-12(7-13)8-17/h2-4,7,14H,5-6,9-11H2,1H3. The fourth-order valence-corrected chi connectivity index (χ4v) is 3.22. The summed E-state index contributed by atoms with van der Waals surface area (Å²) < 4.78 is 11.1. The van der Waals surface area contributed by atoms with E-state index >= 15 is 0 Å². The number of carbonyl (C=O) groups excluding carboxylic acids is 1. The molecule has 1 amide bonds. The van der Waals surface area contributed by atoms with Gasteiger partial charge in [0, 0.05) is 25.2 Å². The summed E-state index contributed by atoms with van der Waals surface area (Å²) in [5.41, 5.74) is 0.842. The lowest BCUT2D eigenvalue weighted by atomic mass is 9.81. The third-order valence-corrected chi connectivity index (χ3v) is 4.41. The zero-order valence-electron chi connectivity index (χ0n) is 12.0. The predicted molar refractivity (Wildman–Crippen MR) is 75.7 cm³/mol. The van der Waals surface area contributed by atoms with Crippen molar-refractivity contribution in [1.29, 1.82) is 5.26 Å². The second-order valence-electron chi connectivity index (χ2n) is 5.71. The van der Waals surface area contributed by atoms with Gasteiger partial charge in [0.15, 0.2) is 0 Å². The Labute approximate surface area is 124 Å². The normalized spacial score (nSPS) is 22.9. The minimum atomic E-state index is -0.224. The van der Waals surface area contributed by atoms with Gasteiger partial charge in [-0.05, 0) is 24.6 Å². The lowest BCUT2D eigenvalue weighted by molar-refractivity contribution is -0.125. The number of nitrogens with zero attached hydrogens (tertiary/aromatic N) is 2. The lowest BCUT2D eigenvalue weighted by Crippen LogP contribution is -2.66. The molecular formula is C16H18N2O3. The van der Waals surface area contributed by atoms with Crippen molar-refractivity contribution >= 4 is 5.91 Å². The first kappa shape index (κ1) is 14.1. The van der Waals surface area contributed by atoms with Gasteiger partial charge in [0.05, 0.1) is 31.3 Å². The van der Waals surface area contributed by atoms with E-state index in [1.165, 1.54) is 0 Å². The van der Waals surface area contributed by atoms with Crippen molar-refractivity contribution in [3.63, 3.8) is 0 Å². The van der Waals surface area contributed by atoms with Crippen LogP contribution in [0.15, 0.2) is 24.3 Å². The molecule has 0 saturated carbocycles. The average Bonchev–Trinajstić information content (AvgIpc) is 2.89. The number of methoxy groups -OCH3 is 1. The van der Waals surface area contributed by atoms with Crippen molar-refractivity contribution in [3.8, 4) is 6.07 Å². The van der Waals surface area contributed by atoms with E-state index in [2.05, 4.69) is 6.07 Å². The molecule has 2 fully saturated rings. The number of hydrogen-bond donors (Lipinski definition) is 0. The van der Waals surface area contributed by atoms with Crippen LogP contribution in [0.25, 0.3) is 0 Å². The molecule has 5 heteroatoms. The van der Waals surface area contributed by atoms with Crippen LogP contribution in [0.5, 0.6) is 0 Å². The van der Waals surface area contributed by atoms with Crippen LogP contribution in [0.1, 0.15) is 22.3 Å². The van der Waals surface area contributed by atoms with Crippen LogP contribution in [-0.4, -0.2) is 49.8 Å². The van der Waals surface area contributed by atoms with Crippen LogP contribution in [0.2, 0.25) is 0 Å². The second-order valence-corrected chi connectivity index (χ2v) is 5.71. The molecule has 1 aromatic carbocycles. The van der Waals surface area contributed by atoms with E-state index in [0.717, 1.165) is 13.0 Å². The summed E-state index contributed by atoms with van der Waals surface area (Å²) in [5, 5.41) is 8.91. The highest BCUT2D eigenvalue weighted by Crippen LogP contribution is 2.40. The first-order chi connectivity index (χ1) is 10.2. The lowest BCUT2D eigenvalue weighted by Gasteiger charge is -2.50. The van der Waals surface area contributed by atoms with E-state index in [4.69, 9.17) is 14.7 Å². The highest BCUT2D eigenvalue weighted by Gasteiger charge is 2.54. The Morgan fingerprint density at radius 1 is 1.57 bits per heavy atom. The Morgan fingerprint density at radius 2 is 2.38 bits per heavy atom. The SMILES string of the molecule is COCC1CCOC12CN(C(=O)c1cccc(C#N)c1)C2. The second kappa shape index (κ2) is 5.47. The van der Waals surface area contributed by atoms with Gasteiger partial charge < -0.3 is 14.4 Å². The molecule has 0 aromatic heterocycles. The topological polar surface area (TPSA) is 62.6 Å². The van der Waals surface area contributed by atoms with Crippen molar-refractivity contribution in [2.45, 2.75) is 12.0 Å². The van der Waals surface area contributed by atoms with Gasteiger partial charge in [-0.25, -0.2) is 0 Å². The third kappa shape index (κ3) is 2.41. The van der Waals surface area contributed by atoms with E-state index in [-0.39, 0.29) is 11.5 Å². The van der Waals surface area contributed by atoms with Crippen molar-refractivity contribution in [1.82, 2.24) is 4.90 Å². The molecule has 0 N–H and O–H groups in total. The molecule has 0 aliphatic carbocycles. The summed E-state index contributed by atoms with van der Waals surface area (Å²) in [4.78, 5) is 14.2. The number of rotatable bonds is 3. The van der Waals surface area contributed by atoms with Crippen molar-refractivity contribution in [2.75, 3.05) is 33.4 Å². The quantitative estimate of drug-likeness (QED) is 0.843. The molecule has 21 heavy (non-hydrogen) atoms. The molecule has 1 spiro atoms. The van der Waals surface area contributed by atoms with Gasteiger partial charge in [-0.15, -0.1) is 0 Å². The van der Waals surface area contributed by atoms with Crippen molar-refractivity contribution in [3.05, 3.63) is 35.4 Å². The number of hydrogen-bond acceptors (Lipinski definition) is 4. The van der Waals surface area contributed by atoms with E-state index < -0.39 is 0 Å². The smallest absolute Gasteiger partial charge is 0.254 e. The van der Waals surface area contributed by atoms with Crippen LogP contribution in [-0.2, 0) is 9.47 Å². The van der Waals surface area contributed by atoms with Gasteiger partial charge in [0.25, 0.3) is 5.91 Å². The monoisotopic (exact) mass is 286 g/mol. The Bertz CT molecular complexity index is 587. The molecule has 1 atom stereocenters. The number of nitriles is 1. The van der Waals surface area contributed by atoms with Crippen LogP contribution in [0.4, 0.5) is 0 Å². The summed E-state index contributed by atoms with van der Waals surface area (Å²) in [6.07, 6.45) is 0.986.